The number of benzene rings is 1. The maximum atomic E-state index is 12.2. The van der Waals surface area contributed by atoms with E-state index < -0.39 is 0 Å². The standard InChI is InChI=1S/C14H19NO2S/c1-15(12-6-8-17-9-7-12)14(16)10-11-2-4-13(18)5-3-11/h2-5,12,18H,6-10H2,1H3. The summed E-state index contributed by atoms with van der Waals surface area (Å²) in [7, 11) is 1.89. The third-order valence-electron chi connectivity index (χ3n) is 3.42. The first-order valence-electron chi connectivity index (χ1n) is 6.28. The molecule has 0 atom stereocenters. The predicted octanol–water partition coefficient (Wildman–Crippen LogP) is 2.16. The number of carbonyl (C=O) groups excluding carboxylic acids is 1. The van der Waals surface area contributed by atoms with Gasteiger partial charge in [-0.25, -0.2) is 0 Å². The van der Waals surface area contributed by atoms with Crippen LogP contribution in [0, 0.1) is 0 Å². The first kappa shape index (κ1) is 13.4. The van der Waals surface area contributed by atoms with Crippen molar-refractivity contribution < 1.29 is 9.53 Å². The molecule has 98 valence electrons. The number of likely N-dealkylation sites (N-methyl/N-ethyl adjacent to an activating group) is 1. The number of carbonyl (C=O) groups is 1. The third kappa shape index (κ3) is 3.50. The summed E-state index contributed by atoms with van der Waals surface area (Å²) < 4.78 is 5.31. The molecule has 0 bridgehead atoms. The molecule has 1 aliphatic heterocycles. The SMILES string of the molecule is CN(C(=O)Cc1ccc(S)cc1)C1CCOCC1. The van der Waals surface area contributed by atoms with Crippen molar-refractivity contribution in [2.45, 2.75) is 30.2 Å². The number of hydrogen-bond donors (Lipinski definition) is 1. The quantitative estimate of drug-likeness (QED) is 0.849. The molecule has 4 heteroatoms. The van der Waals surface area contributed by atoms with Crippen LogP contribution in [0.15, 0.2) is 29.2 Å². The lowest BCUT2D eigenvalue weighted by Crippen LogP contribution is -2.41. The van der Waals surface area contributed by atoms with E-state index >= 15 is 0 Å². The van der Waals surface area contributed by atoms with Crippen molar-refractivity contribution in [1.82, 2.24) is 4.90 Å². The fourth-order valence-electron chi connectivity index (χ4n) is 2.19. The van der Waals surface area contributed by atoms with E-state index in [0.29, 0.717) is 12.5 Å². The Morgan fingerprint density at radius 3 is 2.56 bits per heavy atom. The van der Waals surface area contributed by atoms with Crippen LogP contribution in [-0.2, 0) is 16.0 Å². The molecule has 1 aromatic rings. The first-order valence-corrected chi connectivity index (χ1v) is 6.73. The summed E-state index contributed by atoms with van der Waals surface area (Å²) >= 11 is 4.24. The highest BCUT2D eigenvalue weighted by Crippen LogP contribution is 2.15. The van der Waals surface area contributed by atoms with E-state index in [0.717, 1.165) is 36.5 Å². The molecule has 1 saturated heterocycles. The van der Waals surface area contributed by atoms with Crippen LogP contribution in [0.3, 0.4) is 0 Å². The van der Waals surface area contributed by atoms with Gasteiger partial charge < -0.3 is 9.64 Å². The Bertz CT molecular complexity index is 399. The van der Waals surface area contributed by atoms with Gasteiger partial charge in [0.05, 0.1) is 6.42 Å². The molecule has 0 saturated carbocycles. The van der Waals surface area contributed by atoms with E-state index in [1.165, 1.54) is 0 Å². The molecule has 2 rings (SSSR count). The molecule has 3 nitrogen and oxygen atoms in total. The number of hydrogen-bond acceptors (Lipinski definition) is 3. The number of amides is 1. The van der Waals surface area contributed by atoms with Crippen molar-refractivity contribution >= 4 is 18.5 Å². The zero-order valence-corrected chi connectivity index (χ0v) is 11.5. The molecule has 1 aromatic carbocycles. The van der Waals surface area contributed by atoms with Crippen molar-refractivity contribution in [1.29, 1.82) is 0 Å². The fourth-order valence-corrected chi connectivity index (χ4v) is 2.34. The second-order valence-electron chi connectivity index (χ2n) is 4.69. The topological polar surface area (TPSA) is 29.5 Å². The van der Waals surface area contributed by atoms with Crippen LogP contribution >= 0.6 is 12.6 Å². The van der Waals surface area contributed by atoms with E-state index in [1.54, 1.807) is 0 Å². The van der Waals surface area contributed by atoms with E-state index in [2.05, 4.69) is 12.6 Å². The van der Waals surface area contributed by atoms with Gasteiger partial charge in [0, 0.05) is 31.2 Å². The molecular formula is C14H19NO2S. The molecule has 18 heavy (non-hydrogen) atoms. The van der Waals surface area contributed by atoms with Crippen LogP contribution in [0.5, 0.6) is 0 Å². The van der Waals surface area contributed by atoms with Crippen LogP contribution in [0.4, 0.5) is 0 Å². The Labute approximate surface area is 114 Å². The second-order valence-corrected chi connectivity index (χ2v) is 5.21. The van der Waals surface area contributed by atoms with Gasteiger partial charge in [-0.05, 0) is 30.5 Å². The average molecular weight is 265 g/mol. The summed E-state index contributed by atoms with van der Waals surface area (Å²) in [6, 6.07) is 8.08. The highest BCUT2D eigenvalue weighted by molar-refractivity contribution is 7.80. The molecule has 0 radical (unpaired) electrons. The molecule has 1 heterocycles. The van der Waals surface area contributed by atoms with Crippen LogP contribution in [0.1, 0.15) is 18.4 Å². The number of nitrogens with zero attached hydrogens (tertiary/aromatic N) is 1. The van der Waals surface area contributed by atoms with E-state index in [1.807, 2.05) is 36.2 Å². The lowest BCUT2D eigenvalue weighted by Gasteiger charge is -2.31. The Morgan fingerprint density at radius 2 is 1.94 bits per heavy atom. The molecule has 0 unspecified atom stereocenters. The summed E-state index contributed by atoms with van der Waals surface area (Å²) in [5.41, 5.74) is 1.04. The van der Waals surface area contributed by atoms with Gasteiger partial charge >= 0.3 is 0 Å². The van der Waals surface area contributed by atoms with Gasteiger partial charge in [0.15, 0.2) is 0 Å². The maximum Gasteiger partial charge on any atom is 0.226 e. The normalized spacial score (nSPS) is 16.6. The zero-order chi connectivity index (χ0) is 13.0. The molecule has 0 N–H and O–H groups in total. The van der Waals surface area contributed by atoms with E-state index in [-0.39, 0.29) is 5.91 Å². The summed E-state index contributed by atoms with van der Waals surface area (Å²) in [6.45, 7) is 1.52. The van der Waals surface area contributed by atoms with Gasteiger partial charge in [-0.3, -0.25) is 4.79 Å². The molecule has 1 aliphatic rings. The van der Waals surface area contributed by atoms with Gasteiger partial charge in [0.25, 0.3) is 0 Å². The van der Waals surface area contributed by atoms with Gasteiger partial charge in [0.1, 0.15) is 0 Å². The number of thiol groups is 1. The van der Waals surface area contributed by atoms with Crippen LogP contribution in [0.25, 0.3) is 0 Å². The summed E-state index contributed by atoms with van der Waals surface area (Å²) in [5, 5.41) is 0. The van der Waals surface area contributed by atoms with Crippen LogP contribution in [0.2, 0.25) is 0 Å². The number of rotatable bonds is 3. The van der Waals surface area contributed by atoms with Crippen molar-refractivity contribution in [3.8, 4) is 0 Å². The van der Waals surface area contributed by atoms with Crippen molar-refractivity contribution in [3.63, 3.8) is 0 Å². The predicted molar refractivity (Wildman–Crippen MR) is 74.0 cm³/mol. The Balaban J connectivity index is 1.92. The van der Waals surface area contributed by atoms with Gasteiger partial charge in [-0.15, -0.1) is 12.6 Å². The van der Waals surface area contributed by atoms with Crippen molar-refractivity contribution in [3.05, 3.63) is 29.8 Å². The molecule has 0 aromatic heterocycles. The van der Waals surface area contributed by atoms with Crippen LogP contribution in [-0.4, -0.2) is 37.1 Å². The van der Waals surface area contributed by atoms with E-state index in [4.69, 9.17) is 4.74 Å². The zero-order valence-electron chi connectivity index (χ0n) is 10.6. The first-order chi connectivity index (χ1) is 8.66. The largest absolute Gasteiger partial charge is 0.381 e. The van der Waals surface area contributed by atoms with Gasteiger partial charge in [-0.2, -0.15) is 0 Å². The van der Waals surface area contributed by atoms with Crippen LogP contribution < -0.4 is 0 Å². The monoisotopic (exact) mass is 265 g/mol. The summed E-state index contributed by atoms with van der Waals surface area (Å²) in [4.78, 5) is 15.0. The second kappa shape index (κ2) is 6.25. The summed E-state index contributed by atoms with van der Waals surface area (Å²) in [5.74, 6) is 0.175. The Morgan fingerprint density at radius 1 is 1.33 bits per heavy atom. The molecule has 0 spiro atoms. The molecule has 1 amide bonds. The number of ether oxygens (including phenoxy) is 1. The molecule has 0 aliphatic carbocycles. The highest BCUT2D eigenvalue weighted by Gasteiger charge is 2.22. The minimum absolute atomic E-state index is 0.175. The lowest BCUT2D eigenvalue weighted by atomic mass is 10.1. The third-order valence-corrected chi connectivity index (χ3v) is 3.72. The Hall–Kier alpha value is -1.00. The smallest absolute Gasteiger partial charge is 0.226 e. The van der Waals surface area contributed by atoms with Gasteiger partial charge in [0.2, 0.25) is 5.91 Å². The summed E-state index contributed by atoms with van der Waals surface area (Å²) in [6.07, 6.45) is 2.34. The minimum atomic E-state index is 0.175. The highest BCUT2D eigenvalue weighted by atomic mass is 32.1. The average Bonchev–Trinajstić information content (AvgIpc) is 2.41. The molecular weight excluding hydrogens is 246 g/mol. The lowest BCUT2D eigenvalue weighted by molar-refractivity contribution is -0.132. The van der Waals surface area contributed by atoms with Gasteiger partial charge in [-0.1, -0.05) is 12.1 Å². The fraction of sp³-hybridized carbons (Fsp3) is 0.500. The van der Waals surface area contributed by atoms with E-state index in [9.17, 15) is 4.79 Å². The maximum absolute atomic E-state index is 12.2. The minimum Gasteiger partial charge on any atom is -0.381 e. The Kier molecular flexibility index (Phi) is 4.66. The van der Waals surface area contributed by atoms with Crippen molar-refractivity contribution in [2.75, 3.05) is 20.3 Å². The molecule has 1 fully saturated rings. The van der Waals surface area contributed by atoms with Crippen molar-refractivity contribution in [2.24, 2.45) is 0 Å².